The lowest BCUT2D eigenvalue weighted by molar-refractivity contribution is -0.348. The quantitative estimate of drug-likeness (QED) is 0.372. The van der Waals surface area contributed by atoms with E-state index in [1.54, 1.807) is 0 Å². The SMILES string of the molecule is Cc1[c]c(Br)c(-c2ccc(F)c(C(F)(F)F)c2)c(C(F)(C(F)(F)F)C(F)(F)F)c1. The van der Waals surface area contributed by atoms with Crippen LogP contribution in [0.25, 0.3) is 11.1 Å². The molecule has 0 aliphatic carbocycles. The second-order valence-electron chi connectivity index (χ2n) is 5.90. The monoisotopic (exact) mass is 499 g/mol. The average molecular weight is 500 g/mol. The van der Waals surface area contributed by atoms with Crippen molar-refractivity contribution in [1.82, 2.24) is 0 Å². The molecule has 0 N–H and O–H groups in total. The van der Waals surface area contributed by atoms with Gasteiger partial charge in [-0.15, -0.1) is 0 Å². The number of aryl methyl sites for hydroxylation is 1. The minimum Gasteiger partial charge on any atom is -0.218 e. The molecule has 0 fully saturated rings. The van der Waals surface area contributed by atoms with Gasteiger partial charge in [0.25, 0.3) is 0 Å². The van der Waals surface area contributed by atoms with E-state index in [1.165, 1.54) is 0 Å². The van der Waals surface area contributed by atoms with E-state index >= 15 is 0 Å². The molecular formula is C17H7BrF11. The zero-order valence-electron chi connectivity index (χ0n) is 13.8. The first kappa shape index (κ1) is 23.4. The Balaban J connectivity index is 2.97. The Bertz CT molecular complexity index is 909. The summed E-state index contributed by atoms with van der Waals surface area (Å²) in [4.78, 5) is 0. The molecule has 1 radical (unpaired) electrons. The summed E-state index contributed by atoms with van der Waals surface area (Å²) in [6.07, 6.45) is -18.3. The fourth-order valence-corrected chi connectivity index (χ4v) is 3.35. The second-order valence-corrected chi connectivity index (χ2v) is 6.69. The third kappa shape index (κ3) is 4.08. The van der Waals surface area contributed by atoms with Crippen molar-refractivity contribution in [3.8, 4) is 11.1 Å². The molecule has 12 heteroatoms. The molecule has 0 saturated carbocycles. The van der Waals surface area contributed by atoms with Gasteiger partial charge in [0.1, 0.15) is 5.82 Å². The van der Waals surface area contributed by atoms with E-state index in [9.17, 15) is 48.3 Å². The third-order valence-corrected chi connectivity index (χ3v) is 4.46. The van der Waals surface area contributed by atoms with Gasteiger partial charge in [0.05, 0.1) is 5.56 Å². The standard InChI is InChI=1S/C17H7BrF11/c1-7-4-10(14(20,16(24,25)26)17(27,28)29)13(11(18)5-7)8-2-3-12(19)9(6-8)15(21,22)23/h2-4,6H,1H3. The molecule has 159 valence electrons. The minimum atomic E-state index is -6.50. The van der Waals surface area contributed by atoms with Gasteiger partial charge in [0.15, 0.2) is 0 Å². The highest BCUT2D eigenvalue weighted by Gasteiger charge is 2.74. The van der Waals surface area contributed by atoms with Crippen LogP contribution >= 0.6 is 15.9 Å². The van der Waals surface area contributed by atoms with Crippen LogP contribution in [0, 0.1) is 18.8 Å². The lowest BCUT2D eigenvalue weighted by Crippen LogP contribution is -2.50. The molecule has 0 saturated heterocycles. The van der Waals surface area contributed by atoms with Crippen molar-refractivity contribution >= 4 is 15.9 Å². The summed E-state index contributed by atoms with van der Waals surface area (Å²) in [6, 6.07) is 3.15. The maximum Gasteiger partial charge on any atom is 0.435 e. The van der Waals surface area contributed by atoms with Crippen LogP contribution in [-0.4, -0.2) is 12.4 Å². The average Bonchev–Trinajstić information content (AvgIpc) is 2.51. The Hall–Kier alpha value is -1.85. The Morgan fingerprint density at radius 2 is 1.31 bits per heavy atom. The maximum atomic E-state index is 14.7. The molecule has 2 rings (SSSR count). The number of hydrogen-bond donors (Lipinski definition) is 0. The van der Waals surface area contributed by atoms with Crippen molar-refractivity contribution in [2.45, 2.75) is 31.1 Å². The van der Waals surface area contributed by atoms with Gasteiger partial charge in [0.2, 0.25) is 0 Å². The Kier molecular flexibility index (Phi) is 5.76. The lowest BCUT2D eigenvalue weighted by Gasteiger charge is -2.32. The summed E-state index contributed by atoms with van der Waals surface area (Å²) in [5, 5.41) is 0. The molecular weight excluding hydrogens is 493 g/mol. The maximum absolute atomic E-state index is 14.7. The number of hydrogen-bond acceptors (Lipinski definition) is 0. The fourth-order valence-electron chi connectivity index (χ4n) is 2.60. The van der Waals surface area contributed by atoms with Gasteiger partial charge in [-0.25, -0.2) is 8.78 Å². The molecule has 0 aliphatic heterocycles. The molecule has 0 spiro atoms. The highest BCUT2D eigenvalue weighted by Crippen LogP contribution is 2.56. The van der Waals surface area contributed by atoms with E-state index in [4.69, 9.17) is 0 Å². The predicted molar refractivity (Wildman–Crippen MR) is 83.0 cm³/mol. The molecule has 2 aromatic rings. The van der Waals surface area contributed by atoms with Crippen molar-refractivity contribution in [3.63, 3.8) is 0 Å². The largest absolute Gasteiger partial charge is 0.435 e. The minimum absolute atomic E-state index is 0.00469. The smallest absolute Gasteiger partial charge is 0.218 e. The molecule has 0 aromatic heterocycles. The molecule has 0 unspecified atom stereocenters. The van der Waals surface area contributed by atoms with Crippen molar-refractivity contribution < 1.29 is 48.3 Å². The molecule has 0 nitrogen and oxygen atoms in total. The molecule has 0 atom stereocenters. The van der Waals surface area contributed by atoms with Crippen LogP contribution < -0.4 is 0 Å². The third-order valence-electron chi connectivity index (χ3n) is 3.87. The summed E-state index contributed by atoms with van der Waals surface area (Å²) in [7, 11) is 0. The van der Waals surface area contributed by atoms with E-state index in [2.05, 4.69) is 22.0 Å². The number of benzene rings is 2. The number of alkyl halides is 10. The van der Waals surface area contributed by atoms with Crippen molar-refractivity contribution in [2.75, 3.05) is 0 Å². The van der Waals surface area contributed by atoms with Crippen LogP contribution in [0.3, 0.4) is 0 Å². The topological polar surface area (TPSA) is 0 Å². The lowest BCUT2D eigenvalue weighted by atomic mass is 9.85. The molecule has 0 bridgehead atoms. The van der Waals surface area contributed by atoms with Gasteiger partial charge in [0, 0.05) is 21.7 Å². The van der Waals surface area contributed by atoms with Crippen LogP contribution in [-0.2, 0) is 11.8 Å². The Labute approximate surface area is 164 Å². The summed E-state index contributed by atoms with van der Waals surface area (Å²) in [5.41, 5.74) is -12.3. The summed E-state index contributed by atoms with van der Waals surface area (Å²) < 4.78 is 146. The second kappa shape index (κ2) is 7.13. The number of halogens is 12. The molecule has 29 heavy (non-hydrogen) atoms. The van der Waals surface area contributed by atoms with Gasteiger partial charge >= 0.3 is 24.2 Å². The highest BCUT2D eigenvalue weighted by atomic mass is 79.9. The normalized spacial score (nSPS) is 13.7. The van der Waals surface area contributed by atoms with E-state index < -0.39 is 56.7 Å². The highest BCUT2D eigenvalue weighted by molar-refractivity contribution is 9.10. The van der Waals surface area contributed by atoms with Gasteiger partial charge in [-0.05, 0) is 46.1 Å². The van der Waals surface area contributed by atoms with Crippen molar-refractivity contribution in [2.24, 2.45) is 0 Å². The fraction of sp³-hybridized carbons (Fsp3) is 0.294. The van der Waals surface area contributed by atoms with Crippen LogP contribution in [0.2, 0.25) is 0 Å². The van der Waals surface area contributed by atoms with Crippen molar-refractivity contribution in [3.05, 3.63) is 57.3 Å². The summed E-state index contributed by atoms with van der Waals surface area (Å²) >= 11 is 2.62. The van der Waals surface area contributed by atoms with Crippen LogP contribution in [0.1, 0.15) is 16.7 Å². The van der Waals surface area contributed by atoms with Gasteiger partial charge in [-0.3, -0.25) is 0 Å². The molecule has 0 aliphatic rings. The van der Waals surface area contributed by atoms with Crippen LogP contribution in [0.15, 0.2) is 28.7 Å². The zero-order chi connectivity index (χ0) is 22.6. The van der Waals surface area contributed by atoms with Crippen molar-refractivity contribution in [1.29, 1.82) is 0 Å². The molecule has 0 heterocycles. The molecule has 2 aromatic carbocycles. The number of rotatable bonds is 2. The van der Waals surface area contributed by atoms with Gasteiger partial charge in [-0.2, -0.15) is 39.5 Å². The van der Waals surface area contributed by atoms with E-state index in [-0.39, 0.29) is 23.8 Å². The first-order valence-electron chi connectivity index (χ1n) is 7.33. The van der Waals surface area contributed by atoms with Crippen LogP contribution in [0.5, 0.6) is 0 Å². The van der Waals surface area contributed by atoms with Gasteiger partial charge < -0.3 is 0 Å². The summed E-state index contributed by atoms with van der Waals surface area (Å²) in [6.45, 7) is 1.01. The first-order valence-corrected chi connectivity index (χ1v) is 8.13. The van der Waals surface area contributed by atoms with Gasteiger partial charge in [-0.1, -0.05) is 12.1 Å². The van der Waals surface area contributed by atoms with E-state index in [0.29, 0.717) is 6.07 Å². The predicted octanol–water partition coefficient (Wildman–Crippen LogP) is 7.67. The first-order chi connectivity index (χ1) is 12.9. The zero-order valence-corrected chi connectivity index (χ0v) is 15.4. The molecule has 0 amide bonds. The Morgan fingerprint density at radius 3 is 1.76 bits per heavy atom. The van der Waals surface area contributed by atoms with Crippen LogP contribution in [0.4, 0.5) is 48.3 Å². The van der Waals surface area contributed by atoms with E-state index in [0.717, 1.165) is 6.92 Å². The van der Waals surface area contributed by atoms with E-state index in [1.807, 2.05) is 0 Å². The summed E-state index contributed by atoms with van der Waals surface area (Å²) in [5.74, 6) is -1.81. The Morgan fingerprint density at radius 1 is 0.793 bits per heavy atom.